The molecule has 6 heteroatoms. The van der Waals surface area contributed by atoms with Crippen molar-refractivity contribution in [2.45, 2.75) is 25.7 Å². The Bertz CT molecular complexity index is 611. The third kappa shape index (κ3) is 2.66. The number of benzene rings is 1. The summed E-state index contributed by atoms with van der Waals surface area (Å²) in [5.41, 5.74) is -0.0708. The first-order chi connectivity index (χ1) is 11.0. The van der Waals surface area contributed by atoms with E-state index < -0.39 is 11.9 Å². The summed E-state index contributed by atoms with van der Waals surface area (Å²) in [6.45, 7) is 6.59. The standard InChI is InChI=1S/C17H21NO5/c1-16(2)21-10-17(11-22-16)8-18(9-17)15(19)14-7-20-12-5-3-4-6-13(12)23-14/h3-6,14H,7-11H2,1-2H3. The number of amides is 1. The van der Waals surface area contributed by atoms with Crippen LogP contribution in [0.1, 0.15) is 13.8 Å². The predicted molar refractivity (Wildman–Crippen MR) is 81.3 cm³/mol. The molecule has 0 aromatic heterocycles. The Labute approximate surface area is 135 Å². The monoisotopic (exact) mass is 319 g/mol. The minimum Gasteiger partial charge on any atom is -0.485 e. The quantitative estimate of drug-likeness (QED) is 0.784. The van der Waals surface area contributed by atoms with Crippen molar-refractivity contribution in [3.63, 3.8) is 0 Å². The number of carbonyl (C=O) groups is 1. The van der Waals surface area contributed by atoms with E-state index in [1.807, 2.05) is 38.1 Å². The summed E-state index contributed by atoms with van der Waals surface area (Å²) >= 11 is 0. The van der Waals surface area contributed by atoms with Gasteiger partial charge >= 0.3 is 0 Å². The largest absolute Gasteiger partial charge is 0.485 e. The number of hydrogen-bond acceptors (Lipinski definition) is 5. The second-order valence-electron chi connectivity index (χ2n) is 7.04. The summed E-state index contributed by atoms with van der Waals surface area (Å²) < 4.78 is 22.9. The molecule has 0 N–H and O–H groups in total. The van der Waals surface area contributed by atoms with Crippen LogP contribution in [0.2, 0.25) is 0 Å². The van der Waals surface area contributed by atoms with Crippen LogP contribution in [0.5, 0.6) is 11.5 Å². The van der Waals surface area contributed by atoms with Gasteiger partial charge < -0.3 is 23.8 Å². The van der Waals surface area contributed by atoms with Crippen LogP contribution in [-0.4, -0.2) is 55.6 Å². The van der Waals surface area contributed by atoms with E-state index in [9.17, 15) is 4.79 Å². The Morgan fingerprint density at radius 2 is 1.78 bits per heavy atom. The average Bonchev–Trinajstić information content (AvgIpc) is 2.52. The molecule has 1 atom stereocenters. The predicted octanol–water partition coefficient (Wildman–Crippen LogP) is 1.44. The van der Waals surface area contributed by atoms with Crippen molar-refractivity contribution in [1.29, 1.82) is 0 Å². The van der Waals surface area contributed by atoms with Gasteiger partial charge in [0.15, 0.2) is 17.3 Å². The highest BCUT2D eigenvalue weighted by Gasteiger charge is 2.51. The Hall–Kier alpha value is -1.79. The number of ether oxygens (including phenoxy) is 4. The molecule has 0 saturated carbocycles. The molecule has 3 aliphatic heterocycles. The smallest absolute Gasteiger partial charge is 0.267 e. The second kappa shape index (κ2) is 5.11. The minimum atomic E-state index is -0.580. The van der Waals surface area contributed by atoms with Crippen molar-refractivity contribution in [2.24, 2.45) is 5.41 Å². The highest BCUT2D eigenvalue weighted by molar-refractivity contribution is 5.83. The summed E-state index contributed by atoms with van der Waals surface area (Å²) in [5.74, 6) is 0.751. The molecular formula is C17H21NO5. The van der Waals surface area contributed by atoms with Crippen molar-refractivity contribution in [3.05, 3.63) is 24.3 Å². The summed E-state index contributed by atoms with van der Waals surface area (Å²) in [6.07, 6.45) is -0.580. The summed E-state index contributed by atoms with van der Waals surface area (Å²) in [7, 11) is 0. The highest BCUT2D eigenvalue weighted by atomic mass is 16.7. The first kappa shape index (κ1) is 14.8. The molecule has 1 amide bonds. The molecule has 1 aromatic rings. The Kier molecular flexibility index (Phi) is 3.28. The summed E-state index contributed by atoms with van der Waals surface area (Å²) in [4.78, 5) is 14.4. The van der Waals surface area contributed by atoms with Crippen LogP contribution in [0.3, 0.4) is 0 Å². The van der Waals surface area contributed by atoms with E-state index in [2.05, 4.69) is 0 Å². The van der Waals surface area contributed by atoms with E-state index in [0.717, 1.165) is 0 Å². The first-order valence-corrected chi connectivity index (χ1v) is 7.92. The fourth-order valence-corrected chi connectivity index (χ4v) is 3.18. The van der Waals surface area contributed by atoms with Crippen LogP contribution in [0, 0.1) is 5.41 Å². The Morgan fingerprint density at radius 1 is 1.13 bits per heavy atom. The van der Waals surface area contributed by atoms with Gasteiger partial charge in [0.05, 0.1) is 18.6 Å². The Balaban J connectivity index is 1.36. The van der Waals surface area contributed by atoms with Gasteiger partial charge in [-0.2, -0.15) is 0 Å². The van der Waals surface area contributed by atoms with Crippen LogP contribution in [0.15, 0.2) is 24.3 Å². The molecule has 3 aliphatic rings. The molecule has 0 aliphatic carbocycles. The number of para-hydroxylation sites is 2. The van der Waals surface area contributed by atoms with E-state index >= 15 is 0 Å². The molecule has 0 radical (unpaired) electrons. The van der Waals surface area contributed by atoms with Crippen molar-refractivity contribution < 1.29 is 23.7 Å². The molecule has 23 heavy (non-hydrogen) atoms. The van der Waals surface area contributed by atoms with Gasteiger partial charge in [-0.15, -0.1) is 0 Å². The SMILES string of the molecule is CC1(C)OCC2(CO1)CN(C(=O)C1COc3ccccc3O1)C2. The van der Waals surface area contributed by atoms with Crippen LogP contribution >= 0.6 is 0 Å². The maximum Gasteiger partial charge on any atom is 0.267 e. The lowest BCUT2D eigenvalue weighted by atomic mass is 9.80. The number of nitrogens with zero attached hydrogens (tertiary/aromatic N) is 1. The van der Waals surface area contributed by atoms with E-state index in [-0.39, 0.29) is 17.9 Å². The van der Waals surface area contributed by atoms with Crippen molar-refractivity contribution in [3.8, 4) is 11.5 Å². The zero-order chi connectivity index (χ0) is 16.1. The molecule has 1 aromatic carbocycles. The van der Waals surface area contributed by atoms with Gasteiger partial charge in [-0.3, -0.25) is 4.79 Å². The number of fused-ring (bicyclic) bond motifs is 1. The van der Waals surface area contributed by atoms with Gasteiger partial charge in [0.25, 0.3) is 5.91 Å². The van der Waals surface area contributed by atoms with Crippen molar-refractivity contribution in [1.82, 2.24) is 4.90 Å². The number of rotatable bonds is 1. The van der Waals surface area contributed by atoms with E-state index in [0.29, 0.717) is 37.8 Å². The topological polar surface area (TPSA) is 57.2 Å². The third-order valence-electron chi connectivity index (χ3n) is 4.60. The lowest BCUT2D eigenvalue weighted by molar-refractivity contribution is -0.303. The molecule has 2 fully saturated rings. The third-order valence-corrected chi connectivity index (χ3v) is 4.60. The normalized spacial score (nSPS) is 27.4. The zero-order valence-corrected chi connectivity index (χ0v) is 13.4. The molecule has 1 spiro atoms. The molecule has 6 nitrogen and oxygen atoms in total. The van der Waals surface area contributed by atoms with Gasteiger partial charge in [0, 0.05) is 13.1 Å². The lowest BCUT2D eigenvalue weighted by Crippen LogP contribution is -2.67. The number of hydrogen-bond donors (Lipinski definition) is 0. The van der Waals surface area contributed by atoms with Crippen LogP contribution < -0.4 is 9.47 Å². The number of likely N-dealkylation sites (tertiary alicyclic amines) is 1. The minimum absolute atomic E-state index is 0.0324. The van der Waals surface area contributed by atoms with Gasteiger partial charge in [-0.25, -0.2) is 0 Å². The number of carbonyl (C=O) groups excluding carboxylic acids is 1. The van der Waals surface area contributed by atoms with Crippen LogP contribution in [0.4, 0.5) is 0 Å². The highest BCUT2D eigenvalue weighted by Crippen LogP contribution is 2.38. The van der Waals surface area contributed by atoms with E-state index in [1.165, 1.54) is 0 Å². The van der Waals surface area contributed by atoms with Crippen molar-refractivity contribution >= 4 is 5.91 Å². The Morgan fingerprint density at radius 3 is 2.48 bits per heavy atom. The molecule has 0 bridgehead atoms. The first-order valence-electron chi connectivity index (χ1n) is 7.92. The maximum atomic E-state index is 12.6. The molecule has 1 unspecified atom stereocenters. The fourth-order valence-electron chi connectivity index (χ4n) is 3.18. The fraction of sp³-hybridized carbons (Fsp3) is 0.588. The lowest BCUT2D eigenvalue weighted by Gasteiger charge is -2.54. The molecule has 2 saturated heterocycles. The van der Waals surface area contributed by atoms with Gasteiger partial charge in [-0.1, -0.05) is 12.1 Å². The molecular weight excluding hydrogens is 298 g/mol. The molecule has 3 heterocycles. The molecule has 4 rings (SSSR count). The van der Waals surface area contributed by atoms with E-state index in [1.54, 1.807) is 4.90 Å². The zero-order valence-electron chi connectivity index (χ0n) is 13.4. The van der Waals surface area contributed by atoms with Crippen LogP contribution in [-0.2, 0) is 14.3 Å². The maximum absolute atomic E-state index is 12.6. The second-order valence-corrected chi connectivity index (χ2v) is 7.04. The summed E-state index contributed by atoms with van der Waals surface area (Å²) in [6, 6.07) is 7.41. The molecule has 124 valence electrons. The van der Waals surface area contributed by atoms with Gasteiger partial charge in [-0.05, 0) is 26.0 Å². The van der Waals surface area contributed by atoms with E-state index in [4.69, 9.17) is 18.9 Å². The van der Waals surface area contributed by atoms with Gasteiger partial charge in [0.2, 0.25) is 6.10 Å². The van der Waals surface area contributed by atoms with Crippen molar-refractivity contribution in [2.75, 3.05) is 32.9 Å². The summed E-state index contributed by atoms with van der Waals surface area (Å²) in [5, 5.41) is 0. The average molecular weight is 319 g/mol. The van der Waals surface area contributed by atoms with Gasteiger partial charge in [0.1, 0.15) is 6.61 Å². The van der Waals surface area contributed by atoms with Crippen LogP contribution in [0.25, 0.3) is 0 Å².